The van der Waals surface area contributed by atoms with Crippen molar-refractivity contribution in [3.8, 4) is 5.75 Å². The Morgan fingerprint density at radius 1 is 1.14 bits per heavy atom. The number of esters is 1. The second kappa shape index (κ2) is 6.34. The summed E-state index contributed by atoms with van der Waals surface area (Å²) in [6.45, 7) is 9.98. The van der Waals surface area contributed by atoms with Crippen LogP contribution in [0.15, 0.2) is 12.1 Å². The Labute approximate surface area is 132 Å². The summed E-state index contributed by atoms with van der Waals surface area (Å²) >= 11 is 0. The van der Waals surface area contributed by atoms with Crippen molar-refractivity contribution < 1.29 is 9.53 Å². The van der Waals surface area contributed by atoms with E-state index in [1.165, 1.54) is 5.56 Å². The predicted molar refractivity (Wildman–Crippen MR) is 87.3 cm³/mol. The molecule has 0 saturated heterocycles. The zero-order valence-corrected chi connectivity index (χ0v) is 14.3. The van der Waals surface area contributed by atoms with Gasteiger partial charge in [-0.25, -0.2) is 0 Å². The Bertz CT molecular complexity index is 691. The predicted octanol–water partition coefficient (Wildman–Crippen LogP) is 3.50. The number of aromatic nitrogens is 2. The summed E-state index contributed by atoms with van der Waals surface area (Å²) in [4.78, 5) is 12.2. The van der Waals surface area contributed by atoms with E-state index in [0.717, 1.165) is 28.1 Å². The Kier molecular flexibility index (Phi) is 4.69. The quantitative estimate of drug-likeness (QED) is 0.641. The third-order valence-electron chi connectivity index (χ3n) is 4.06. The first kappa shape index (κ1) is 16.3. The van der Waals surface area contributed by atoms with Gasteiger partial charge in [-0.1, -0.05) is 17.7 Å². The second-order valence-corrected chi connectivity index (χ2v) is 5.97. The summed E-state index contributed by atoms with van der Waals surface area (Å²) in [6.07, 6.45) is 1.02. The smallest absolute Gasteiger partial charge is 0.311 e. The van der Waals surface area contributed by atoms with Crippen LogP contribution >= 0.6 is 0 Å². The van der Waals surface area contributed by atoms with E-state index in [0.29, 0.717) is 18.6 Å². The minimum Gasteiger partial charge on any atom is -0.426 e. The fraction of sp³-hybridized carbons (Fsp3) is 0.444. The topological polar surface area (TPSA) is 44.1 Å². The van der Waals surface area contributed by atoms with Crippen LogP contribution in [-0.2, 0) is 18.3 Å². The zero-order valence-electron chi connectivity index (χ0n) is 14.3. The minimum atomic E-state index is -0.197. The fourth-order valence-corrected chi connectivity index (χ4v) is 2.90. The van der Waals surface area contributed by atoms with Gasteiger partial charge in [-0.3, -0.25) is 9.48 Å². The van der Waals surface area contributed by atoms with Gasteiger partial charge in [0.15, 0.2) is 0 Å². The highest BCUT2D eigenvalue weighted by Gasteiger charge is 2.14. The fourth-order valence-electron chi connectivity index (χ4n) is 2.90. The molecule has 22 heavy (non-hydrogen) atoms. The third kappa shape index (κ3) is 3.38. The molecule has 4 nitrogen and oxygen atoms in total. The molecule has 4 heteroatoms. The maximum Gasteiger partial charge on any atom is 0.311 e. The average Bonchev–Trinajstić information content (AvgIpc) is 2.65. The van der Waals surface area contributed by atoms with E-state index in [-0.39, 0.29) is 5.97 Å². The highest BCUT2D eigenvalue weighted by Crippen LogP contribution is 2.25. The Morgan fingerprint density at radius 3 is 2.23 bits per heavy atom. The highest BCUT2D eigenvalue weighted by atomic mass is 16.5. The van der Waals surface area contributed by atoms with Crippen LogP contribution in [0.2, 0.25) is 0 Å². The first-order valence-electron chi connectivity index (χ1n) is 7.57. The average molecular weight is 300 g/mol. The number of carbonyl (C=O) groups excluding carboxylic acids is 1. The van der Waals surface area contributed by atoms with Gasteiger partial charge in [0, 0.05) is 12.7 Å². The molecule has 0 saturated carbocycles. The number of rotatable bonds is 4. The summed E-state index contributed by atoms with van der Waals surface area (Å²) < 4.78 is 7.42. The van der Waals surface area contributed by atoms with Crippen molar-refractivity contribution >= 4 is 5.97 Å². The summed E-state index contributed by atoms with van der Waals surface area (Å²) in [5, 5.41) is 4.38. The normalized spacial score (nSPS) is 10.8. The standard InChI is InChI=1S/C18H24N2O2/c1-11-9-12(2)18(13(3)10-11)22-17(21)8-7-16-14(4)19-20(6)15(16)5/h9-10H,7-8H2,1-6H3. The largest absolute Gasteiger partial charge is 0.426 e. The van der Waals surface area contributed by atoms with E-state index in [1.54, 1.807) is 0 Å². The van der Waals surface area contributed by atoms with Gasteiger partial charge >= 0.3 is 5.97 Å². The molecular weight excluding hydrogens is 276 g/mol. The lowest BCUT2D eigenvalue weighted by molar-refractivity contribution is -0.134. The van der Waals surface area contributed by atoms with Crippen LogP contribution in [0.5, 0.6) is 5.75 Å². The number of benzene rings is 1. The van der Waals surface area contributed by atoms with Gasteiger partial charge in [-0.2, -0.15) is 5.10 Å². The molecule has 0 aliphatic heterocycles. The summed E-state index contributed by atoms with van der Waals surface area (Å²) in [6, 6.07) is 4.07. The summed E-state index contributed by atoms with van der Waals surface area (Å²) in [5.41, 5.74) is 6.40. The molecule has 0 bridgehead atoms. The van der Waals surface area contributed by atoms with Crippen LogP contribution in [0.3, 0.4) is 0 Å². The van der Waals surface area contributed by atoms with Crippen LogP contribution in [0.4, 0.5) is 0 Å². The molecule has 1 heterocycles. The van der Waals surface area contributed by atoms with Crippen LogP contribution in [0, 0.1) is 34.6 Å². The molecule has 0 aliphatic carbocycles. The van der Waals surface area contributed by atoms with Crippen molar-refractivity contribution in [3.05, 3.63) is 45.8 Å². The number of ether oxygens (including phenoxy) is 1. The molecule has 0 fully saturated rings. The van der Waals surface area contributed by atoms with Gasteiger partial charge in [0.1, 0.15) is 5.75 Å². The van der Waals surface area contributed by atoms with Crippen molar-refractivity contribution in [2.75, 3.05) is 0 Å². The Hall–Kier alpha value is -2.10. The molecular formula is C18H24N2O2. The van der Waals surface area contributed by atoms with Crippen molar-refractivity contribution in [1.29, 1.82) is 0 Å². The van der Waals surface area contributed by atoms with Gasteiger partial charge in [0.25, 0.3) is 0 Å². The van der Waals surface area contributed by atoms with Crippen LogP contribution in [0.25, 0.3) is 0 Å². The van der Waals surface area contributed by atoms with Crippen molar-refractivity contribution in [2.24, 2.45) is 7.05 Å². The lowest BCUT2D eigenvalue weighted by Gasteiger charge is -2.11. The molecule has 0 radical (unpaired) electrons. The van der Waals surface area contributed by atoms with Crippen molar-refractivity contribution in [2.45, 2.75) is 47.5 Å². The van der Waals surface area contributed by atoms with Gasteiger partial charge < -0.3 is 4.74 Å². The van der Waals surface area contributed by atoms with E-state index in [4.69, 9.17) is 4.74 Å². The van der Waals surface area contributed by atoms with Gasteiger partial charge in [0.2, 0.25) is 0 Å². The van der Waals surface area contributed by atoms with E-state index in [9.17, 15) is 4.79 Å². The van der Waals surface area contributed by atoms with Crippen LogP contribution in [0.1, 0.15) is 40.1 Å². The van der Waals surface area contributed by atoms with Gasteiger partial charge in [0.05, 0.1) is 12.1 Å². The molecule has 0 atom stereocenters. The van der Waals surface area contributed by atoms with Gasteiger partial charge in [-0.15, -0.1) is 0 Å². The van der Waals surface area contributed by atoms with Crippen molar-refractivity contribution in [3.63, 3.8) is 0 Å². The zero-order chi connectivity index (χ0) is 16.4. The molecule has 2 rings (SSSR count). The molecule has 0 amide bonds. The van der Waals surface area contributed by atoms with E-state index in [2.05, 4.69) is 5.10 Å². The first-order chi connectivity index (χ1) is 10.3. The molecule has 1 aromatic heterocycles. The monoisotopic (exact) mass is 300 g/mol. The molecule has 1 aromatic carbocycles. The van der Waals surface area contributed by atoms with Crippen LogP contribution < -0.4 is 4.74 Å². The minimum absolute atomic E-state index is 0.197. The number of aryl methyl sites for hydroxylation is 5. The van der Waals surface area contributed by atoms with E-state index >= 15 is 0 Å². The third-order valence-corrected chi connectivity index (χ3v) is 4.06. The van der Waals surface area contributed by atoms with E-state index in [1.807, 2.05) is 58.5 Å². The lowest BCUT2D eigenvalue weighted by Crippen LogP contribution is -2.11. The van der Waals surface area contributed by atoms with Crippen LogP contribution in [-0.4, -0.2) is 15.7 Å². The Balaban J connectivity index is 2.05. The SMILES string of the molecule is Cc1cc(C)c(OC(=O)CCc2c(C)nn(C)c2C)c(C)c1. The summed E-state index contributed by atoms with van der Waals surface area (Å²) in [5.74, 6) is 0.493. The van der Waals surface area contributed by atoms with Gasteiger partial charge in [-0.05, 0) is 57.7 Å². The molecule has 0 spiro atoms. The molecule has 2 aromatic rings. The highest BCUT2D eigenvalue weighted by molar-refractivity contribution is 5.73. The second-order valence-electron chi connectivity index (χ2n) is 5.97. The molecule has 0 aliphatic rings. The summed E-state index contributed by atoms with van der Waals surface area (Å²) in [7, 11) is 1.92. The molecule has 0 unspecified atom stereocenters. The Morgan fingerprint density at radius 2 is 1.73 bits per heavy atom. The number of nitrogens with zero attached hydrogens (tertiary/aromatic N) is 2. The molecule has 118 valence electrons. The number of hydrogen-bond donors (Lipinski definition) is 0. The number of hydrogen-bond acceptors (Lipinski definition) is 3. The van der Waals surface area contributed by atoms with E-state index < -0.39 is 0 Å². The molecule has 0 N–H and O–H groups in total. The lowest BCUT2D eigenvalue weighted by atomic mass is 10.1. The first-order valence-corrected chi connectivity index (χ1v) is 7.57. The van der Waals surface area contributed by atoms with Crippen molar-refractivity contribution in [1.82, 2.24) is 9.78 Å². The maximum atomic E-state index is 12.2. The maximum absolute atomic E-state index is 12.2. The number of carbonyl (C=O) groups is 1.